The zero-order valence-electron chi connectivity index (χ0n) is 13.4. The van der Waals surface area contributed by atoms with Crippen molar-refractivity contribution in [2.45, 2.75) is 18.6 Å². The standard InChI is InChI=1S/C19H19BrO4/c1-22-14-9-7-13(8-10-14)18-19(23-12-4-11-20)17(21)15-5-2-3-6-16(15)24-18/h2-3,5-10,18-19H,4,11-12H2,1H3. The minimum Gasteiger partial charge on any atom is -0.497 e. The van der Waals surface area contributed by atoms with Crippen LogP contribution < -0.4 is 9.47 Å². The number of Topliss-reactive ketones (excluding diaryl/α,β-unsaturated/α-hetero) is 1. The molecule has 0 radical (unpaired) electrons. The number of benzene rings is 2. The van der Waals surface area contributed by atoms with Crippen LogP contribution in [0.4, 0.5) is 0 Å². The monoisotopic (exact) mass is 390 g/mol. The van der Waals surface area contributed by atoms with Crippen LogP contribution in [0.1, 0.15) is 28.4 Å². The molecule has 0 spiro atoms. The maximum Gasteiger partial charge on any atom is 0.199 e. The topological polar surface area (TPSA) is 44.8 Å². The number of halogens is 1. The van der Waals surface area contributed by atoms with Crippen molar-refractivity contribution in [3.8, 4) is 11.5 Å². The third kappa shape index (κ3) is 3.47. The van der Waals surface area contributed by atoms with E-state index in [9.17, 15) is 4.79 Å². The summed E-state index contributed by atoms with van der Waals surface area (Å²) < 4.78 is 17.2. The van der Waals surface area contributed by atoms with Gasteiger partial charge in [0.15, 0.2) is 18.0 Å². The highest BCUT2D eigenvalue weighted by Crippen LogP contribution is 2.37. The Balaban J connectivity index is 1.92. The molecule has 0 amide bonds. The van der Waals surface area contributed by atoms with Crippen LogP contribution in [0.15, 0.2) is 48.5 Å². The SMILES string of the molecule is COc1ccc(C2Oc3ccccc3C(=O)C2OCCCBr)cc1. The molecule has 0 aliphatic carbocycles. The molecule has 24 heavy (non-hydrogen) atoms. The number of hydrogen-bond donors (Lipinski definition) is 0. The molecular weight excluding hydrogens is 372 g/mol. The van der Waals surface area contributed by atoms with Gasteiger partial charge in [-0.2, -0.15) is 0 Å². The second kappa shape index (κ2) is 7.81. The van der Waals surface area contributed by atoms with Gasteiger partial charge in [0.05, 0.1) is 12.7 Å². The van der Waals surface area contributed by atoms with Crippen LogP contribution in [0.2, 0.25) is 0 Å². The summed E-state index contributed by atoms with van der Waals surface area (Å²) in [6, 6.07) is 14.8. The summed E-state index contributed by atoms with van der Waals surface area (Å²) in [5, 5.41) is 0.832. The van der Waals surface area contributed by atoms with Crippen LogP contribution in [0.5, 0.6) is 11.5 Å². The molecule has 0 fully saturated rings. The Morgan fingerprint density at radius 1 is 1.12 bits per heavy atom. The molecule has 0 saturated carbocycles. The second-order valence-corrected chi connectivity index (χ2v) is 6.30. The average Bonchev–Trinajstić information content (AvgIpc) is 2.63. The summed E-state index contributed by atoms with van der Waals surface area (Å²) in [7, 11) is 1.62. The van der Waals surface area contributed by atoms with Crippen LogP contribution >= 0.6 is 15.9 Å². The first-order chi connectivity index (χ1) is 11.7. The van der Waals surface area contributed by atoms with Crippen molar-refractivity contribution in [3.63, 3.8) is 0 Å². The number of ketones is 1. The summed E-state index contributed by atoms with van der Waals surface area (Å²) in [5.74, 6) is 1.33. The lowest BCUT2D eigenvalue weighted by Gasteiger charge is -2.32. The predicted octanol–water partition coefficient (Wildman–Crippen LogP) is 4.18. The molecule has 2 aromatic rings. The van der Waals surface area contributed by atoms with Gasteiger partial charge in [-0.3, -0.25) is 4.79 Å². The van der Waals surface area contributed by atoms with Crippen molar-refractivity contribution in [1.29, 1.82) is 0 Å². The van der Waals surface area contributed by atoms with E-state index < -0.39 is 12.2 Å². The van der Waals surface area contributed by atoms with E-state index in [0.717, 1.165) is 23.1 Å². The molecule has 2 unspecified atom stereocenters. The van der Waals surface area contributed by atoms with Crippen molar-refractivity contribution < 1.29 is 19.0 Å². The van der Waals surface area contributed by atoms with Gasteiger partial charge in [0, 0.05) is 11.9 Å². The Morgan fingerprint density at radius 2 is 1.88 bits per heavy atom. The molecule has 1 aliphatic rings. The van der Waals surface area contributed by atoms with E-state index in [1.165, 1.54) is 0 Å². The maximum absolute atomic E-state index is 12.9. The van der Waals surface area contributed by atoms with Gasteiger partial charge in [-0.1, -0.05) is 40.2 Å². The number of methoxy groups -OCH3 is 1. The number of carbonyl (C=O) groups is 1. The number of ether oxygens (including phenoxy) is 3. The summed E-state index contributed by atoms with van der Waals surface area (Å²) in [6.45, 7) is 0.500. The molecule has 5 heteroatoms. The fraction of sp³-hybridized carbons (Fsp3) is 0.316. The summed E-state index contributed by atoms with van der Waals surface area (Å²) in [6.07, 6.45) is -0.276. The van der Waals surface area contributed by atoms with E-state index in [1.54, 1.807) is 13.2 Å². The number of carbonyl (C=O) groups excluding carboxylic acids is 1. The lowest BCUT2D eigenvalue weighted by atomic mass is 9.93. The fourth-order valence-electron chi connectivity index (χ4n) is 2.73. The van der Waals surface area contributed by atoms with Crippen molar-refractivity contribution in [2.75, 3.05) is 19.0 Å². The largest absolute Gasteiger partial charge is 0.497 e. The third-order valence-corrected chi connectivity index (χ3v) is 4.52. The number of hydrogen-bond acceptors (Lipinski definition) is 4. The quantitative estimate of drug-likeness (QED) is 0.548. The van der Waals surface area contributed by atoms with E-state index in [2.05, 4.69) is 15.9 Å². The predicted molar refractivity (Wildman–Crippen MR) is 95.3 cm³/mol. The maximum atomic E-state index is 12.9. The molecule has 0 bridgehead atoms. The van der Waals surface area contributed by atoms with Gasteiger partial charge in [0.25, 0.3) is 0 Å². The minimum atomic E-state index is -0.646. The first-order valence-corrected chi connectivity index (χ1v) is 8.98. The number of fused-ring (bicyclic) bond motifs is 1. The number of rotatable bonds is 6. The molecule has 1 heterocycles. The van der Waals surface area contributed by atoms with Gasteiger partial charge < -0.3 is 14.2 Å². The van der Waals surface area contributed by atoms with Crippen LogP contribution in [0.25, 0.3) is 0 Å². The van der Waals surface area contributed by atoms with Crippen LogP contribution in [0.3, 0.4) is 0 Å². The smallest absolute Gasteiger partial charge is 0.199 e. The first kappa shape index (κ1) is 17.0. The summed E-state index contributed by atoms with van der Waals surface area (Å²) in [4.78, 5) is 12.9. The molecule has 2 aromatic carbocycles. The molecular formula is C19H19BrO4. The van der Waals surface area contributed by atoms with Gasteiger partial charge in [-0.05, 0) is 36.2 Å². The van der Waals surface area contributed by atoms with Gasteiger partial charge in [-0.15, -0.1) is 0 Å². The Kier molecular flexibility index (Phi) is 5.53. The Morgan fingerprint density at radius 3 is 2.58 bits per heavy atom. The van der Waals surface area contributed by atoms with Gasteiger partial charge in [0.1, 0.15) is 11.5 Å². The van der Waals surface area contributed by atoms with E-state index in [0.29, 0.717) is 17.9 Å². The van der Waals surface area contributed by atoms with Crippen molar-refractivity contribution >= 4 is 21.7 Å². The van der Waals surface area contributed by atoms with E-state index in [4.69, 9.17) is 14.2 Å². The highest BCUT2D eigenvalue weighted by Gasteiger charge is 2.38. The molecule has 0 N–H and O–H groups in total. The minimum absolute atomic E-state index is 0.0350. The normalized spacial score (nSPS) is 19.5. The Bertz CT molecular complexity index is 699. The Hall–Kier alpha value is -1.85. The molecule has 1 aliphatic heterocycles. The summed E-state index contributed by atoms with van der Waals surface area (Å²) in [5.41, 5.74) is 1.47. The summed E-state index contributed by atoms with van der Waals surface area (Å²) >= 11 is 3.38. The molecule has 0 aromatic heterocycles. The van der Waals surface area contributed by atoms with E-state index in [1.807, 2.05) is 42.5 Å². The third-order valence-electron chi connectivity index (χ3n) is 3.96. The zero-order valence-corrected chi connectivity index (χ0v) is 15.0. The second-order valence-electron chi connectivity index (χ2n) is 5.51. The average molecular weight is 391 g/mol. The van der Waals surface area contributed by atoms with Crippen LogP contribution in [-0.2, 0) is 4.74 Å². The number of alkyl halides is 1. The fourth-order valence-corrected chi connectivity index (χ4v) is 2.96. The highest BCUT2D eigenvalue weighted by molar-refractivity contribution is 9.09. The van der Waals surface area contributed by atoms with Crippen molar-refractivity contribution in [3.05, 3.63) is 59.7 Å². The number of para-hydroxylation sites is 1. The molecule has 2 atom stereocenters. The molecule has 4 nitrogen and oxygen atoms in total. The zero-order chi connectivity index (χ0) is 16.9. The van der Waals surface area contributed by atoms with Crippen molar-refractivity contribution in [2.24, 2.45) is 0 Å². The van der Waals surface area contributed by atoms with E-state index in [-0.39, 0.29) is 5.78 Å². The van der Waals surface area contributed by atoms with Gasteiger partial charge >= 0.3 is 0 Å². The van der Waals surface area contributed by atoms with Gasteiger partial charge in [0.2, 0.25) is 0 Å². The Labute approximate surface area is 149 Å². The van der Waals surface area contributed by atoms with Gasteiger partial charge in [-0.25, -0.2) is 0 Å². The lowest BCUT2D eigenvalue weighted by Crippen LogP contribution is -2.38. The van der Waals surface area contributed by atoms with E-state index >= 15 is 0 Å². The molecule has 3 rings (SSSR count). The molecule has 0 saturated heterocycles. The van der Waals surface area contributed by atoms with Crippen LogP contribution in [0, 0.1) is 0 Å². The van der Waals surface area contributed by atoms with Crippen molar-refractivity contribution in [1.82, 2.24) is 0 Å². The van der Waals surface area contributed by atoms with Crippen LogP contribution in [-0.4, -0.2) is 30.9 Å². The highest BCUT2D eigenvalue weighted by atomic mass is 79.9. The lowest BCUT2D eigenvalue weighted by molar-refractivity contribution is -0.0213. The first-order valence-electron chi connectivity index (χ1n) is 7.86. The molecule has 126 valence electrons.